The highest BCUT2D eigenvalue weighted by molar-refractivity contribution is 7.90. The lowest BCUT2D eigenvalue weighted by molar-refractivity contribution is 0.239. The van der Waals surface area contributed by atoms with Crippen LogP contribution in [0.25, 0.3) is 10.6 Å². The average Bonchev–Trinajstić information content (AvgIpc) is 3.15. The Labute approximate surface area is 156 Å². The lowest BCUT2D eigenvalue weighted by Gasteiger charge is -2.27. The number of hydrogen-bond acceptors (Lipinski definition) is 7. The largest absolute Gasteiger partial charge is 0.293 e. The standard InChI is InChI=1S/C18H18N4O2S2/c1-26(23,24)18-19-10-13-11-22(8-7-15(13)21-18)12-14-4-2-5-16(20-14)17-6-3-9-25-17/h2-6,9-10H,7-8,11-12H2,1H3. The number of hydrogen-bond donors (Lipinski definition) is 0. The summed E-state index contributed by atoms with van der Waals surface area (Å²) in [6, 6.07) is 10.2. The van der Waals surface area contributed by atoms with E-state index in [0.29, 0.717) is 13.0 Å². The van der Waals surface area contributed by atoms with Gasteiger partial charge in [-0.25, -0.2) is 18.4 Å². The predicted molar refractivity (Wildman–Crippen MR) is 101 cm³/mol. The Bertz CT molecular complexity index is 1030. The lowest BCUT2D eigenvalue weighted by Crippen LogP contribution is -2.31. The zero-order valence-corrected chi connectivity index (χ0v) is 15.9. The zero-order chi connectivity index (χ0) is 18.1. The molecule has 0 radical (unpaired) electrons. The van der Waals surface area contributed by atoms with Crippen LogP contribution in [0.3, 0.4) is 0 Å². The van der Waals surface area contributed by atoms with E-state index in [1.54, 1.807) is 17.5 Å². The van der Waals surface area contributed by atoms with Gasteiger partial charge < -0.3 is 0 Å². The Balaban J connectivity index is 1.51. The van der Waals surface area contributed by atoms with Crippen LogP contribution in [-0.2, 0) is 29.3 Å². The van der Waals surface area contributed by atoms with Crippen molar-refractivity contribution in [1.82, 2.24) is 19.9 Å². The molecule has 0 saturated heterocycles. The summed E-state index contributed by atoms with van der Waals surface area (Å²) in [7, 11) is -3.37. The fourth-order valence-corrected chi connectivity index (χ4v) is 4.24. The minimum atomic E-state index is -3.37. The zero-order valence-electron chi connectivity index (χ0n) is 14.3. The maximum atomic E-state index is 11.6. The summed E-state index contributed by atoms with van der Waals surface area (Å²) >= 11 is 1.68. The minimum Gasteiger partial charge on any atom is -0.293 e. The molecule has 0 spiro atoms. The summed E-state index contributed by atoms with van der Waals surface area (Å²) in [4.78, 5) is 16.5. The highest BCUT2D eigenvalue weighted by atomic mass is 32.2. The first kappa shape index (κ1) is 17.3. The first-order valence-corrected chi connectivity index (χ1v) is 11.0. The average molecular weight is 387 g/mol. The van der Waals surface area contributed by atoms with Crippen LogP contribution in [0.2, 0.25) is 0 Å². The van der Waals surface area contributed by atoms with E-state index in [1.165, 1.54) is 0 Å². The van der Waals surface area contributed by atoms with Gasteiger partial charge in [0.05, 0.1) is 22.0 Å². The van der Waals surface area contributed by atoms with Gasteiger partial charge in [-0.3, -0.25) is 9.88 Å². The van der Waals surface area contributed by atoms with Crippen LogP contribution >= 0.6 is 11.3 Å². The van der Waals surface area contributed by atoms with E-state index in [2.05, 4.69) is 26.3 Å². The summed E-state index contributed by atoms with van der Waals surface area (Å²) in [6.07, 6.45) is 3.49. The van der Waals surface area contributed by atoms with E-state index in [4.69, 9.17) is 4.98 Å². The number of nitrogens with zero attached hydrogens (tertiary/aromatic N) is 4. The van der Waals surface area contributed by atoms with Gasteiger partial charge in [-0.2, -0.15) is 0 Å². The second kappa shape index (κ2) is 6.86. The van der Waals surface area contributed by atoms with Gasteiger partial charge >= 0.3 is 0 Å². The molecular weight excluding hydrogens is 368 g/mol. The van der Waals surface area contributed by atoms with Crippen LogP contribution in [0.15, 0.2) is 47.1 Å². The smallest absolute Gasteiger partial charge is 0.246 e. The molecule has 0 aliphatic carbocycles. The SMILES string of the molecule is CS(=O)(=O)c1ncc2c(n1)CCN(Cc1cccc(-c3cccs3)n1)C2. The van der Waals surface area contributed by atoms with Gasteiger partial charge in [0.15, 0.2) is 0 Å². The molecule has 0 unspecified atom stereocenters. The Morgan fingerprint density at radius 1 is 1.19 bits per heavy atom. The molecule has 0 fully saturated rings. The van der Waals surface area contributed by atoms with Gasteiger partial charge in [0, 0.05) is 44.1 Å². The van der Waals surface area contributed by atoms with E-state index in [1.807, 2.05) is 24.3 Å². The fraction of sp³-hybridized carbons (Fsp3) is 0.278. The Morgan fingerprint density at radius 2 is 2.08 bits per heavy atom. The highest BCUT2D eigenvalue weighted by Crippen LogP contribution is 2.24. The van der Waals surface area contributed by atoms with Crippen LogP contribution in [0.5, 0.6) is 0 Å². The Morgan fingerprint density at radius 3 is 2.85 bits per heavy atom. The molecule has 0 amide bonds. The van der Waals surface area contributed by atoms with Gasteiger partial charge in [0.25, 0.3) is 0 Å². The van der Waals surface area contributed by atoms with Gasteiger partial charge in [0.1, 0.15) is 0 Å². The van der Waals surface area contributed by atoms with E-state index in [9.17, 15) is 8.42 Å². The number of rotatable bonds is 4. The van der Waals surface area contributed by atoms with Gasteiger partial charge in [-0.05, 0) is 23.6 Å². The van der Waals surface area contributed by atoms with Crippen molar-refractivity contribution in [1.29, 1.82) is 0 Å². The molecule has 134 valence electrons. The third kappa shape index (κ3) is 3.67. The van der Waals surface area contributed by atoms with Crippen molar-refractivity contribution in [3.05, 3.63) is 58.9 Å². The summed E-state index contributed by atoms with van der Waals surface area (Å²) in [5.41, 5.74) is 3.83. The highest BCUT2D eigenvalue weighted by Gasteiger charge is 2.21. The van der Waals surface area contributed by atoms with Crippen molar-refractivity contribution in [3.63, 3.8) is 0 Å². The normalized spacial score (nSPS) is 15.0. The molecule has 6 nitrogen and oxygen atoms in total. The predicted octanol–water partition coefficient (Wildman–Crippen LogP) is 2.56. The van der Waals surface area contributed by atoms with Crippen molar-refractivity contribution in [2.24, 2.45) is 0 Å². The maximum Gasteiger partial charge on any atom is 0.246 e. The third-order valence-corrected chi connectivity index (χ3v) is 6.04. The molecule has 0 bridgehead atoms. The molecule has 26 heavy (non-hydrogen) atoms. The van der Waals surface area contributed by atoms with Crippen molar-refractivity contribution in [2.75, 3.05) is 12.8 Å². The van der Waals surface area contributed by atoms with Crippen molar-refractivity contribution < 1.29 is 8.42 Å². The minimum absolute atomic E-state index is 0.0879. The second-order valence-corrected chi connectivity index (χ2v) is 9.21. The molecule has 4 rings (SSSR count). The first-order chi connectivity index (χ1) is 12.5. The molecule has 0 atom stereocenters. The van der Waals surface area contributed by atoms with Crippen LogP contribution in [-0.4, -0.2) is 41.1 Å². The molecule has 4 heterocycles. The summed E-state index contributed by atoms with van der Waals surface area (Å²) in [5.74, 6) is 0. The van der Waals surface area contributed by atoms with Crippen LogP contribution in [0.4, 0.5) is 0 Å². The topological polar surface area (TPSA) is 76.1 Å². The van der Waals surface area contributed by atoms with Crippen LogP contribution < -0.4 is 0 Å². The van der Waals surface area contributed by atoms with E-state index >= 15 is 0 Å². The number of fused-ring (bicyclic) bond motifs is 1. The van der Waals surface area contributed by atoms with E-state index < -0.39 is 9.84 Å². The molecule has 1 aliphatic rings. The van der Waals surface area contributed by atoms with Crippen molar-refractivity contribution in [2.45, 2.75) is 24.7 Å². The van der Waals surface area contributed by atoms with E-state index in [-0.39, 0.29) is 5.16 Å². The monoisotopic (exact) mass is 386 g/mol. The van der Waals surface area contributed by atoms with Gasteiger partial charge in [-0.1, -0.05) is 12.1 Å². The summed E-state index contributed by atoms with van der Waals surface area (Å²) in [5, 5.41) is 1.96. The number of aromatic nitrogens is 3. The molecule has 0 N–H and O–H groups in total. The summed E-state index contributed by atoms with van der Waals surface area (Å²) in [6.45, 7) is 2.26. The molecule has 3 aromatic rings. The Kier molecular flexibility index (Phi) is 4.56. The summed E-state index contributed by atoms with van der Waals surface area (Å²) < 4.78 is 23.2. The molecule has 3 aromatic heterocycles. The molecule has 0 aromatic carbocycles. The van der Waals surface area contributed by atoms with Crippen molar-refractivity contribution in [3.8, 4) is 10.6 Å². The number of thiophene rings is 1. The fourth-order valence-electron chi connectivity index (χ4n) is 3.03. The van der Waals surface area contributed by atoms with Crippen LogP contribution in [0, 0.1) is 0 Å². The molecule has 1 aliphatic heterocycles. The lowest BCUT2D eigenvalue weighted by atomic mass is 10.1. The molecular formula is C18H18N4O2S2. The van der Waals surface area contributed by atoms with Crippen LogP contribution in [0.1, 0.15) is 17.0 Å². The van der Waals surface area contributed by atoms with Gasteiger partial charge in [-0.15, -0.1) is 11.3 Å². The molecule has 0 saturated carbocycles. The first-order valence-electron chi connectivity index (χ1n) is 8.26. The number of sulfone groups is 1. The van der Waals surface area contributed by atoms with Gasteiger partial charge in [0.2, 0.25) is 15.0 Å². The molecule has 8 heteroatoms. The van der Waals surface area contributed by atoms with E-state index in [0.717, 1.165) is 46.9 Å². The quantitative estimate of drug-likeness (QED) is 0.642. The maximum absolute atomic E-state index is 11.6. The number of pyridine rings is 1. The second-order valence-electron chi connectivity index (χ2n) is 6.35. The third-order valence-electron chi connectivity index (χ3n) is 4.29. The van der Waals surface area contributed by atoms with Crippen molar-refractivity contribution >= 4 is 21.2 Å². The Hall–Kier alpha value is -2.16.